The Labute approximate surface area is 106 Å². The zero-order chi connectivity index (χ0) is 14.0. The summed E-state index contributed by atoms with van der Waals surface area (Å²) in [4.78, 5) is 7.29. The molecular weight excluding hydrogens is 262 g/mol. The van der Waals surface area contributed by atoms with Crippen molar-refractivity contribution < 1.29 is 17.6 Å². The van der Waals surface area contributed by atoms with E-state index < -0.39 is 17.6 Å². The first-order chi connectivity index (χ1) is 8.93. The van der Waals surface area contributed by atoms with Gasteiger partial charge in [-0.1, -0.05) is 12.1 Å². The van der Waals surface area contributed by atoms with E-state index in [4.69, 9.17) is 5.73 Å². The highest BCUT2D eigenvalue weighted by atomic mass is 19.4. The number of halogens is 4. The summed E-state index contributed by atoms with van der Waals surface area (Å²) in [5, 5.41) is 0. The fraction of sp³-hybridized carbons (Fsp3) is 0.167. The molecule has 0 bridgehead atoms. The molecule has 0 fully saturated rings. The van der Waals surface area contributed by atoms with Crippen molar-refractivity contribution in [3.05, 3.63) is 47.7 Å². The molecule has 1 heterocycles. The lowest BCUT2D eigenvalue weighted by Gasteiger charge is -2.09. The largest absolute Gasteiger partial charge is 0.416 e. The molecule has 0 aliphatic rings. The minimum Gasteiger partial charge on any atom is -0.325 e. The number of rotatable bonds is 2. The smallest absolute Gasteiger partial charge is 0.325 e. The number of nitrogens with two attached hydrogens (primary N) is 1. The van der Waals surface area contributed by atoms with Crippen LogP contribution >= 0.6 is 0 Å². The van der Waals surface area contributed by atoms with Gasteiger partial charge in [-0.25, -0.2) is 14.4 Å². The third-order valence-electron chi connectivity index (χ3n) is 2.52. The molecule has 0 atom stereocenters. The van der Waals surface area contributed by atoms with E-state index in [1.807, 2.05) is 0 Å². The third-order valence-corrected chi connectivity index (χ3v) is 2.52. The lowest BCUT2D eigenvalue weighted by molar-refractivity contribution is -0.137. The maximum atomic E-state index is 13.9. The first-order valence-electron chi connectivity index (χ1n) is 5.30. The molecule has 0 radical (unpaired) electrons. The summed E-state index contributed by atoms with van der Waals surface area (Å²) >= 11 is 0. The summed E-state index contributed by atoms with van der Waals surface area (Å²) in [7, 11) is 0. The average Bonchev–Trinajstić information content (AvgIpc) is 2.38. The number of aromatic nitrogens is 2. The molecule has 0 aliphatic heterocycles. The predicted octanol–water partition coefficient (Wildman–Crippen LogP) is 2.76. The van der Waals surface area contributed by atoms with Crippen molar-refractivity contribution in [1.29, 1.82) is 0 Å². The number of hydrogen-bond donors (Lipinski definition) is 1. The van der Waals surface area contributed by atoms with Gasteiger partial charge in [0.2, 0.25) is 0 Å². The number of alkyl halides is 3. The molecular formula is C12H9F4N3. The summed E-state index contributed by atoms with van der Waals surface area (Å²) in [5.74, 6) is -0.802. The van der Waals surface area contributed by atoms with Gasteiger partial charge in [-0.05, 0) is 12.1 Å². The molecule has 7 heteroatoms. The maximum Gasteiger partial charge on any atom is 0.416 e. The highest BCUT2D eigenvalue weighted by Crippen LogP contribution is 2.32. The summed E-state index contributed by atoms with van der Waals surface area (Å²) in [5.41, 5.74) is 4.22. The van der Waals surface area contributed by atoms with E-state index in [0.29, 0.717) is 0 Å². The van der Waals surface area contributed by atoms with E-state index in [2.05, 4.69) is 9.97 Å². The molecule has 0 spiro atoms. The molecule has 2 N–H and O–H groups in total. The lowest BCUT2D eigenvalue weighted by atomic mass is 10.1. The number of hydrogen-bond acceptors (Lipinski definition) is 3. The second kappa shape index (κ2) is 4.93. The Morgan fingerprint density at radius 3 is 2.53 bits per heavy atom. The van der Waals surface area contributed by atoms with Crippen LogP contribution < -0.4 is 5.73 Å². The van der Waals surface area contributed by atoms with Gasteiger partial charge in [0.05, 0.1) is 11.3 Å². The Morgan fingerprint density at radius 1 is 1.16 bits per heavy atom. The van der Waals surface area contributed by atoms with Gasteiger partial charge in [-0.3, -0.25) is 0 Å². The van der Waals surface area contributed by atoms with Crippen LogP contribution in [0.2, 0.25) is 0 Å². The molecule has 0 saturated heterocycles. The van der Waals surface area contributed by atoms with E-state index in [9.17, 15) is 17.6 Å². The van der Waals surface area contributed by atoms with Crippen LogP contribution in [0.3, 0.4) is 0 Å². The van der Waals surface area contributed by atoms with E-state index in [1.165, 1.54) is 12.1 Å². The van der Waals surface area contributed by atoms with Crippen LogP contribution in [0.15, 0.2) is 30.6 Å². The highest BCUT2D eigenvalue weighted by molar-refractivity contribution is 5.61. The third kappa shape index (κ3) is 2.70. The fourth-order valence-electron chi connectivity index (χ4n) is 1.59. The zero-order valence-electron chi connectivity index (χ0n) is 9.58. The lowest BCUT2D eigenvalue weighted by Crippen LogP contribution is -2.07. The Bertz CT molecular complexity index is 596. The highest BCUT2D eigenvalue weighted by Gasteiger charge is 2.30. The van der Waals surface area contributed by atoms with Crippen LogP contribution in [0, 0.1) is 5.82 Å². The van der Waals surface area contributed by atoms with Gasteiger partial charge in [-0.2, -0.15) is 13.2 Å². The molecule has 19 heavy (non-hydrogen) atoms. The minimum atomic E-state index is -4.49. The minimum absolute atomic E-state index is 0.0319. The molecule has 0 aliphatic carbocycles. The van der Waals surface area contributed by atoms with Crippen molar-refractivity contribution >= 4 is 0 Å². The summed E-state index contributed by atoms with van der Waals surface area (Å²) in [6, 6.07) is 4.29. The molecule has 1 aromatic carbocycles. The van der Waals surface area contributed by atoms with Gasteiger partial charge >= 0.3 is 6.18 Å². The molecule has 0 amide bonds. The van der Waals surface area contributed by atoms with Gasteiger partial charge < -0.3 is 5.73 Å². The van der Waals surface area contributed by atoms with Gasteiger partial charge in [0.15, 0.2) is 5.82 Å². The van der Waals surface area contributed by atoms with Gasteiger partial charge in [-0.15, -0.1) is 0 Å². The second-order valence-electron chi connectivity index (χ2n) is 3.77. The summed E-state index contributed by atoms with van der Waals surface area (Å²) < 4.78 is 51.6. The van der Waals surface area contributed by atoms with E-state index in [0.717, 1.165) is 18.5 Å². The van der Waals surface area contributed by atoms with Gasteiger partial charge in [0.1, 0.15) is 12.0 Å². The normalized spacial score (nSPS) is 11.6. The quantitative estimate of drug-likeness (QED) is 0.854. The number of nitrogens with zero attached hydrogens (tertiary/aromatic N) is 2. The first kappa shape index (κ1) is 13.4. The van der Waals surface area contributed by atoms with Crippen molar-refractivity contribution in [2.75, 3.05) is 0 Å². The Hall–Kier alpha value is -2.02. The standard InChI is InChI=1S/C12H9F4N3/c13-10-9(5-17)18-6-19-11(10)7-2-1-3-8(4-7)12(14,15)16/h1-4,6H,5,17H2. The number of benzene rings is 1. The topological polar surface area (TPSA) is 51.8 Å². The van der Waals surface area contributed by atoms with Crippen molar-refractivity contribution in [1.82, 2.24) is 9.97 Å². The van der Waals surface area contributed by atoms with E-state index in [-0.39, 0.29) is 23.5 Å². The van der Waals surface area contributed by atoms with Crippen molar-refractivity contribution in [3.63, 3.8) is 0 Å². The molecule has 0 saturated carbocycles. The Balaban J connectivity index is 2.54. The van der Waals surface area contributed by atoms with Crippen LogP contribution in [0.1, 0.15) is 11.3 Å². The maximum absolute atomic E-state index is 13.9. The van der Waals surface area contributed by atoms with E-state index in [1.54, 1.807) is 0 Å². The van der Waals surface area contributed by atoms with Crippen molar-refractivity contribution in [2.24, 2.45) is 5.73 Å². The fourth-order valence-corrected chi connectivity index (χ4v) is 1.59. The molecule has 2 rings (SSSR count). The van der Waals surface area contributed by atoms with Crippen LogP contribution in [-0.4, -0.2) is 9.97 Å². The SMILES string of the molecule is NCc1ncnc(-c2cccc(C(F)(F)F)c2)c1F. The monoisotopic (exact) mass is 271 g/mol. The molecule has 2 aromatic rings. The molecule has 3 nitrogen and oxygen atoms in total. The summed E-state index contributed by atoms with van der Waals surface area (Å²) in [6.07, 6.45) is -3.42. The average molecular weight is 271 g/mol. The molecule has 100 valence electrons. The zero-order valence-corrected chi connectivity index (χ0v) is 9.58. The first-order valence-corrected chi connectivity index (χ1v) is 5.30. The Morgan fingerprint density at radius 2 is 1.89 bits per heavy atom. The van der Waals surface area contributed by atoms with Crippen LogP contribution in [0.5, 0.6) is 0 Å². The van der Waals surface area contributed by atoms with E-state index >= 15 is 0 Å². The van der Waals surface area contributed by atoms with Crippen LogP contribution in [-0.2, 0) is 12.7 Å². The van der Waals surface area contributed by atoms with Crippen molar-refractivity contribution in [3.8, 4) is 11.3 Å². The van der Waals surface area contributed by atoms with Crippen LogP contribution in [0.25, 0.3) is 11.3 Å². The van der Waals surface area contributed by atoms with Gasteiger partial charge in [0, 0.05) is 12.1 Å². The molecule has 0 unspecified atom stereocenters. The predicted molar refractivity (Wildman–Crippen MR) is 60.3 cm³/mol. The Kier molecular flexibility index (Phi) is 3.48. The van der Waals surface area contributed by atoms with Gasteiger partial charge in [0.25, 0.3) is 0 Å². The second-order valence-corrected chi connectivity index (χ2v) is 3.77. The molecule has 1 aromatic heterocycles. The van der Waals surface area contributed by atoms with Crippen molar-refractivity contribution in [2.45, 2.75) is 12.7 Å². The van der Waals surface area contributed by atoms with Crippen LogP contribution in [0.4, 0.5) is 17.6 Å². The summed E-state index contributed by atoms with van der Waals surface area (Å²) in [6.45, 7) is -0.152.